The highest BCUT2D eigenvalue weighted by Gasteiger charge is 2.15. The largest absolute Gasteiger partial charge is 0.496 e. The molecule has 1 aromatic heterocycles. The highest BCUT2D eigenvalue weighted by molar-refractivity contribution is 6.36. The molecule has 3 aromatic rings. The molecule has 0 spiro atoms. The van der Waals surface area contributed by atoms with Crippen LogP contribution >= 0.6 is 23.2 Å². The van der Waals surface area contributed by atoms with Gasteiger partial charge in [0.15, 0.2) is 0 Å². The fourth-order valence-electron chi connectivity index (χ4n) is 2.53. The van der Waals surface area contributed by atoms with Gasteiger partial charge in [0.25, 0.3) is 0 Å². The molecule has 2 aromatic carbocycles. The Balaban J connectivity index is 2.32. The van der Waals surface area contributed by atoms with Gasteiger partial charge >= 0.3 is 5.97 Å². The van der Waals surface area contributed by atoms with Crippen molar-refractivity contribution >= 4 is 39.9 Å². The van der Waals surface area contributed by atoms with Crippen molar-refractivity contribution in [1.29, 1.82) is 0 Å². The molecule has 3 rings (SSSR count). The molecule has 0 aliphatic heterocycles. The quantitative estimate of drug-likeness (QED) is 0.615. The van der Waals surface area contributed by atoms with Gasteiger partial charge in [-0.1, -0.05) is 29.3 Å². The Kier molecular flexibility index (Phi) is 4.60. The van der Waals surface area contributed by atoms with Crippen LogP contribution in [-0.4, -0.2) is 25.2 Å². The minimum atomic E-state index is -0.425. The molecule has 0 unspecified atom stereocenters. The molecular formula is C18H13Cl2NO3. The third-order valence-corrected chi connectivity index (χ3v) is 4.22. The second kappa shape index (κ2) is 6.67. The lowest BCUT2D eigenvalue weighted by Gasteiger charge is -2.12. The summed E-state index contributed by atoms with van der Waals surface area (Å²) >= 11 is 12.3. The highest BCUT2D eigenvalue weighted by Crippen LogP contribution is 2.37. The molecule has 0 saturated carbocycles. The van der Waals surface area contributed by atoms with E-state index in [-0.39, 0.29) is 0 Å². The fourth-order valence-corrected chi connectivity index (χ4v) is 2.90. The van der Waals surface area contributed by atoms with E-state index in [9.17, 15) is 4.79 Å². The first-order chi connectivity index (χ1) is 11.5. The van der Waals surface area contributed by atoms with Crippen LogP contribution in [0.15, 0.2) is 42.6 Å². The maximum Gasteiger partial charge on any atom is 0.337 e. The molecule has 0 aliphatic rings. The number of esters is 1. The minimum Gasteiger partial charge on any atom is -0.496 e. The minimum absolute atomic E-state index is 0.420. The molecule has 4 nitrogen and oxygen atoms in total. The molecular weight excluding hydrogens is 349 g/mol. The monoisotopic (exact) mass is 361 g/mol. The summed E-state index contributed by atoms with van der Waals surface area (Å²) in [6.07, 6.45) is 1.57. The Morgan fingerprint density at radius 3 is 2.54 bits per heavy atom. The first-order valence-electron chi connectivity index (χ1n) is 7.05. The van der Waals surface area contributed by atoms with Gasteiger partial charge < -0.3 is 9.47 Å². The number of carbonyl (C=O) groups excluding carboxylic acids is 1. The number of aromatic nitrogens is 1. The standard InChI is InChI=1S/C18H13Cl2NO3/c1-23-16-8-11(19)4-6-13(16)17-14-7-10(18(22)24-2)3-5-12(14)15(20)9-21-17/h3-9H,1-2H3. The molecule has 0 bridgehead atoms. The lowest BCUT2D eigenvalue weighted by Crippen LogP contribution is -2.01. The van der Waals surface area contributed by atoms with Gasteiger partial charge in [-0.3, -0.25) is 4.98 Å². The molecule has 1 heterocycles. The Hall–Kier alpha value is -2.30. The van der Waals surface area contributed by atoms with Crippen LogP contribution < -0.4 is 4.74 Å². The number of nitrogens with zero attached hydrogens (tertiary/aromatic N) is 1. The van der Waals surface area contributed by atoms with E-state index in [2.05, 4.69) is 4.98 Å². The maximum atomic E-state index is 11.8. The predicted octanol–water partition coefficient (Wildman–Crippen LogP) is 5.00. The van der Waals surface area contributed by atoms with Crippen molar-refractivity contribution < 1.29 is 14.3 Å². The number of benzene rings is 2. The number of hydrogen-bond acceptors (Lipinski definition) is 4. The number of pyridine rings is 1. The van der Waals surface area contributed by atoms with E-state index in [0.717, 1.165) is 16.3 Å². The van der Waals surface area contributed by atoms with Gasteiger partial charge in [0.1, 0.15) is 5.75 Å². The molecule has 0 atom stereocenters. The molecule has 0 radical (unpaired) electrons. The SMILES string of the molecule is COC(=O)c1ccc2c(Cl)cnc(-c3ccc(Cl)cc3OC)c2c1. The van der Waals surface area contributed by atoms with Crippen molar-refractivity contribution in [3.05, 3.63) is 58.2 Å². The van der Waals surface area contributed by atoms with E-state index in [0.29, 0.717) is 27.1 Å². The van der Waals surface area contributed by atoms with Crippen LogP contribution in [0.4, 0.5) is 0 Å². The molecule has 122 valence electrons. The van der Waals surface area contributed by atoms with Gasteiger partial charge in [-0.25, -0.2) is 4.79 Å². The van der Waals surface area contributed by atoms with Crippen molar-refractivity contribution in [1.82, 2.24) is 4.98 Å². The van der Waals surface area contributed by atoms with E-state index in [1.165, 1.54) is 7.11 Å². The van der Waals surface area contributed by atoms with Crippen molar-refractivity contribution in [3.8, 4) is 17.0 Å². The molecule has 0 amide bonds. The van der Waals surface area contributed by atoms with Gasteiger partial charge in [-0.05, 0) is 30.3 Å². The second-order valence-corrected chi connectivity index (χ2v) is 5.89. The van der Waals surface area contributed by atoms with E-state index in [1.807, 2.05) is 6.07 Å². The summed E-state index contributed by atoms with van der Waals surface area (Å²) in [7, 11) is 2.90. The summed E-state index contributed by atoms with van der Waals surface area (Å²) in [5, 5.41) is 2.57. The van der Waals surface area contributed by atoms with Crippen LogP contribution in [0.2, 0.25) is 10.0 Å². The van der Waals surface area contributed by atoms with E-state index >= 15 is 0 Å². The number of methoxy groups -OCH3 is 2. The number of carbonyl (C=O) groups is 1. The lowest BCUT2D eigenvalue weighted by molar-refractivity contribution is 0.0601. The lowest BCUT2D eigenvalue weighted by atomic mass is 10.0. The molecule has 24 heavy (non-hydrogen) atoms. The molecule has 0 saturated heterocycles. The predicted molar refractivity (Wildman–Crippen MR) is 95.1 cm³/mol. The smallest absolute Gasteiger partial charge is 0.337 e. The summed E-state index contributed by atoms with van der Waals surface area (Å²) < 4.78 is 10.2. The summed E-state index contributed by atoms with van der Waals surface area (Å²) in [4.78, 5) is 16.3. The highest BCUT2D eigenvalue weighted by atomic mass is 35.5. The zero-order chi connectivity index (χ0) is 17.3. The number of rotatable bonds is 3. The molecule has 0 fully saturated rings. The molecule has 6 heteroatoms. The maximum absolute atomic E-state index is 11.8. The second-order valence-electron chi connectivity index (χ2n) is 5.05. The third kappa shape index (κ3) is 2.90. The van der Waals surface area contributed by atoms with Crippen molar-refractivity contribution in [2.45, 2.75) is 0 Å². The molecule has 0 aliphatic carbocycles. The van der Waals surface area contributed by atoms with E-state index in [1.54, 1.807) is 43.6 Å². The van der Waals surface area contributed by atoms with Crippen LogP contribution in [0.25, 0.3) is 22.0 Å². The van der Waals surface area contributed by atoms with Crippen LogP contribution in [0.1, 0.15) is 10.4 Å². The molecule has 0 N–H and O–H groups in total. The zero-order valence-electron chi connectivity index (χ0n) is 13.0. The number of ether oxygens (including phenoxy) is 2. The van der Waals surface area contributed by atoms with Crippen molar-refractivity contribution in [3.63, 3.8) is 0 Å². The van der Waals surface area contributed by atoms with Gasteiger partial charge in [-0.15, -0.1) is 0 Å². The Morgan fingerprint density at radius 2 is 1.83 bits per heavy atom. The van der Waals surface area contributed by atoms with E-state index in [4.69, 9.17) is 32.7 Å². The summed E-state index contributed by atoms with van der Waals surface area (Å²) in [6, 6.07) is 10.4. The first kappa shape index (κ1) is 16.6. The van der Waals surface area contributed by atoms with Crippen LogP contribution in [0.3, 0.4) is 0 Å². The van der Waals surface area contributed by atoms with Crippen LogP contribution in [0, 0.1) is 0 Å². The van der Waals surface area contributed by atoms with Gasteiger partial charge in [-0.2, -0.15) is 0 Å². The number of fused-ring (bicyclic) bond motifs is 1. The summed E-state index contributed by atoms with van der Waals surface area (Å²) in [5.41, 5.74) is 1.82. The van der Waals surface area contributed by atoms with Gasteiger partial charge in [0.2, 0.25) is 0 Å². The van der Waals surface area contributed by atoms with Crippen LogP contribution in [-0.2, 0) is 4.74 Å². The van der Waals surface area contributed by atoms with E-state index < -0.39 is 5.97 Å². The normalized spacial score (nSPS) is 10.7. The Labute approximate surface area is 148 Å². The van der Waals surface area contributed by atoms with Gasteiger partial charge in [0, 0.05) is 27.6 Å². The first-order valence-corrected chi connectivity index (χ1v) is 7.81. The zero-order valence-corrected chi connectivity index (χ0v) is 14.5. The Bertz CT molecular complexity index is 941. The fraction of sp³-hybridized carbons (Fsp3) is 0.111. The topological polar surface area (TPSA) is 48.4 Å². The average Bonchev–Trinajstić information content (AvgIpc) is 2.61. The number of halogens is 2. The summed E-state index contributed by atoms with van der Waals surface area (Å²) in [5.74, 6) is 0.160. The van der Waals surface area contributed by atoms with Crippen molar-refractivity contribution in [2.24, 2.45) is 0 Å². The third-order valence-electron chi connectivity index (χ3n) is 3.68. The number of hydrogen-bond donors (Lipinski definition) is 0. The average molecular weight is 362 g/mol. The van der Waals surface area contributed by atoms with Crippen LogP contribution in [0.5, 0.6) is 5.75 Å². The van der Waals surface area contributed by atoms with Crippen molar-refractivity contribution in [2.75, 3.05) is 14.2 Å². The van der Waals surface area contributed by atoms with Gasteiger partial charge in [0.05, 0.1) is 30.5 Å². The Morgan fingerprint density at radius 1 is 1.04 bits per heavy atom. The summed E-state index contributed by atoms with van der Waals surface area (Å²) in [6.45, 7) is 0.